The first-order valence-corrected chi connectivity index (χ1v) is 12.8. The van der Waals surface area contributed by atoms with E-state index >= 15 is 0 Å². The van der Waals surface area contributed by atoms with Crippen molar-refractivity contribution in [3.05, 3.63) is 53.1 Å². The van der Waals surface area contributed by atoms with Crippen LogP contribution in [0.3, 0.4) is 0 Å². The normalized spacial score (nSPS) is 19.5. The minimum Gasteiger partial charge on any atom is -0.340 e. The second-order valence-corrected chi connectivity index (χ2v) is 11.6. The van der Waals surface area contributed by atoms with Crippen molar-refractivity contribution in [2.75, 3.05) is 29.9 Å². The van der Waals surface area contributed by atoms with Crippen LogP contribution in [-0.2, 0) is 5.54 Å². The number of thioether (sulfide) groups is 1. The Kier molecular flexibility index (Phi) is 6.55. The number of aromatic nitrogens is 2. The zero-order valence-electron chi connectivity index (χ0n) is 20.0. The number of aryl methyl sites for hydroxylation is 1. The monoisotopic (exact) mass is 452 g/mol. The van der Waals surface area contributed by atoms with Gasteiger partial charge in [0.2, 0.25) is 0 Å². The van der Waals surface area contributed by atoms with Gasteiger partial charge in [-0.3, -0.25) is 9.69 Å². The SMILES string of the molecule is Cc1c[nH]c(C(=O)Nc2ccc(C(C)(C)N3CCSCC3)cc2C2=CCC(C)(C)CC2)n1. The fourth-order valence-corrected chi connectivity index (χ4v) is 5.54. The van der Waals surface area contributed by atoms with Crippen LogP contribution in [0.25, 0.3) is 5.57 Å². The largest absolute Gasteiger partial charge is 0.340 e. The molecular weight excluding hydrogens is 416 g/mol. The molecule has 1 aliphatic heterocycles. The molecule has 1 aliphatic carbocycles. The second-order valence-electron chi connectivity index (χ2n) is 10.4. The van der Waals surface area contributed by atoms with Gasteiger partial charge >= 0.3 is 0 Å². The number of amides is 1. The molecule has 0 spiro atoms. The third kappa shape index (κ3) is 4.96. The van der Waals surface area contributed by atoms with Gasteiger partial charge in [-0.25, -0.2) is 4.98 Å². The molecule has 0 bridgehead atoms. The number of carbonyl (C=O) groups is 1. The van der Waals surface area contributed by atoms with Gasteiger partial charge in [-0.05, 0) is 68.7 Å². The molecule has 1 fully saturated rings. The van der Waals surface area contributed by atoms with Gasteiger partial charge in [-0.2, -0.15) is 11.8 Å². The van der Waals surface area contributed by atoms with Crippen molar-refractivity contribution in [3.8, 4) is 0 Å². The maximum atomic E-state index is 12.9. The van der Waals surface area contributed by atoms with E-state index in [-0.39, 0.29) is 11.4 Å². The van der Waals surface area contributed by atoms with E-state index in [4.69, 9.17) is 0 Å². The smallest absolute Gasteiger partial charge is 0.291 e. The fraction of sp³-hybridized carbons (Fsp3) is 0.538. The minimum absolute atomic E-state index is 0.0507. The molecule has 2 aromatic rings. The Labute approximate surface area is 196 Å². The van der Waals surface area contributed by atoms with Crippen molar-refractivity contribution < 1.29 is 4.79 Å². The number of hydrogen-bond donors (Lipinski definition) is 2. The lowest BCUT2D eigenvalue weighted by molar-refractivity contribution is 0.101. The summed E-state index contributed by atoms with van der Waals surface area (Å²) < 4.78 is 0. The molecule has 0 atom stereocenters. The molecule has 4 rings (SSSR count). The molecule has 1 aromatic carbocycles. The first-order valence-electron chi connectivity index (χ1n) is 11.7. The van der Waals surface area contributed by atoms with Crippen molar-refractivity contribution in [1.82, 2.24) is 14.9 Å². The Morgan fingerprint density at radius 1 is 1.25 bits per heavy atom. The van der Waals surface area contributed by atoms with Gasteiger partial charge in [0.15, 0.2) is 5.82 Å². The van der Waals surface area contributed by atoms with E-state index in [1.54, 1.807) is 6.20 Å². The highest BCUT2D eigenvalue weighted by Crippen LogP contribution is 2.41. The number of nitrogens with zero attached hydrogens (tertiary/aromatic N) is 2. The molecule has 0 unspecified atom stereocenters. The number of allylic oxidation sites excluding steroid dienone is 2. The lowest BCUT2D eigenvalue weighted by Crippen LogP contribution is -2.46. The van der Waals surface area contributed by atoms with E-state index in [2.05, 4.69) is 72.2 Å². The number of anilines is 1. The van der Waals surface area contributed by atoms with E-state index in [0.717, 1.165) is 49.3 Å². The standard InChI is InChI=1S/C26H36N4OS/c1-18-17-27-23(28-18)24(31)29-22-7-6-20(26(4,5)30-12-14-32-15-13-30)16-21(22)19-8-10-25(2,3)11-9-19/h6-8,16-17H,9-15H2,1-5H3,(H,27,28)(H,29,31). The number of rotatable bonds is 5. The lowest BCUT2D eigenvalue weighted by atomic mass is 9.76. The Morgan fingerprint density at radius 3 is 2.62 bits per heavy atom. The molecule has 1 aromatic heterocycles. The summed E-state index contributed by atoms with van der Waals surface area (Å²) in [7, 11) is 0. The summed E-state index contributed by atoms with van der Waals surface area (Å²) >= 11 is 2.04. The average molecular weight is 453 g/mol. The zero-order valence-corrected chi connectivity index (χ0v) is 20.9. The summed E-state index contributed by atoms with van der Waals surface area (Å²) in [4.78, 5) is 22.7. The molecule has 172 valence electrons. The summed E-state index contributed by atoms with van der Waals surface area (Å²) in [5.41, 5.74) is 5.74. The van der Waals surface area contributed by atoms with Crippen LogP contribution in [0.1, 0.15) is 74.4 Å². The van der Waals surface area contributed by atoms with E-state index < -0.39 is 0 Å². The van der Waals surface area contributed by atoms with Crippen LogP contribution >= 0.6 is 11.8 Å². The third-order valence-corrected chi connectivity index (χ3v) is 7.96. The number of hydrogen-bond acceptors (Lipinski definition) is 4. The predicted molar refractivity (Wildman–Crippen MR) is 135 cm³/mol. The average Bonchev–Trinajstić information content (AvgIpc) is 3.21. The van der Waals surface area contributed by atoms with Gasteiger partial charge in [-0.15, -0.1) is 0 Å². The number of aromatic amines is 1. The molecule has 6 heteroatoms. The van der Waals surface area contributed by atoms with Crippen LogP contribution < -0.4 is 5.32 Å². The number of nitrogens with one attached hydrogen (secondary N) is 2. The van der Waals surface area contributed by atoms with E-state index in [9.17, 15) is 4.79 Å². The van der Waals surface area contributed by atoms with Crippen LogP contribution in [-0.4, -0.2) is 45.4 Å². The summed E-state index contributed by atoms with van der Waals surface area (Å²) in [5, 5.41) is 3.13. The summed E-state index contributed by atoms with van der Waals surface area (Å²) in [6.07, 6.45) is 7.37. The van der Waals surface area contributed by atoms with Gasteiger partial charge in [0.25, 0.3) is 5.91 Å². The molecule has 0 saturated carbocycles. The number of carbonyl (C=O) groups excluding carboxylic acids is 1. The predicted octanol–water partition coefficient (Wildman–Crippen LogP) is 5.85. The van der Waals surface area contributed by atoms with Crippen molar-refractivity contribution in [3.63, 3.8) is 0 Å². The molecule has 1 saturated heterocycles. The number of imidazole rings is 1. The van der Waals surface area contributed by atoms with Crippen molar-refractivity contribution >= 4 is 28.9 Å². The van der Waals surface area contributed by atoms with Gasteiger partial charge in [0, 0.05) is 47.6 Å². The molecule has 2 N–H and O–H groups in total. The highest BCUT2D eigenvalue weighted by Gasteiger charge is 2.31. The van der Waals surface area contributed by atoms with E-state index in [1.807, 2.05) is 18.7 Å². The molecule has 2 heterocycles. The quantitative estimate of drug-likeness (QED) is 0.598. The van der Waals surface area contributed by atoms with Crippen LogP contribution in [0, 0.1) is 12.3 Å². The molecular formula is C26H36N4OS. The first-order chi connectivity index (χ1) is 15.2. The maximum Gasteiger partial charge on any atom is 0.291 e. The highest BCUT2D eigenvalue weighted by molar-refractivity contribution is 7.99. The van der Waals surface area contributed by atoms with Gasteiger partial charge < -0.3 is 10.3 Å². The van der Waals surface area contributed by atoms with Gasteiger partial charge in [-0.1, -0.05) is 26.0 Å². The Bertz CT molecular complexity index is 1010. The van der Waals surface area contributed by atoms with Crippen molar-refractivity contribution in [2.24, 2.45) is 5.41 Å². The Hall–Kier alpha value is -2.05. The molecule has 1 amide bonds. The fourth-order valence-electron chi connectivity index (χ4n) is 4.64. The van der Waals surface area contributed by atoms with Gasteiger partial charge in [0.1, 0.15) is 0 Å². The van der Waals surface area contributed by atoms with Gasteiger partial charge in [0.05, 0.1) is 5.69 Å². The van der Waals surface area contributed by atoms with E-state index in [0.29, 0.717) is 11.2 Å². The van der Waals surface area contributed by atoms with Crippen LogP contribution in [0.15, 0.2) is 30.5 Å². The number of H-pyrrole nitrogens is 1. The Balaban J connectivity index is 1.69. The van der Waals surface area contributed by atoms with Crippen molar-refractivity contribution in [1.29, 1.82) is 0 Å². The maximum absolute atomic E-state index is 12.9. The van der Waals surface area contributed by atoms with E-state index in [1.165, 1.54) is 22.6 Å². The number of benzene rings is 1. The van der Waals surface area contributed by atoms with Crippen LogP contribution in [0.2, 0.25) is 0 Å². The minimum atomic E-state index is -0.198. The molecule has 0 radical (unpaired) electrons. The topological polar surface area (TPSA) is 61.0 Å². The summed E-state index contributed by atoms with van der Waals surface area (Å²) in [6, 6.07) is 6.58. The van der Waals surface area contributed by atoms with Crippen LogP contribution in [0.4, 0.5) is 5.69 Å². The summed E-state index contributed by atoms with van der Waals surface area (Å²) in [5.74, 6) is 2.53. The first kappa shape index (κ1) is 23.1. The molecule has 32 heavy (non-hydrogen) atoms. The summed E-state index contributed by atoms with van der Waals surface area (Å²) in [6.45, 7) is 13.4. The molecule has 2 aliphatic rings. The lowest BCUT2D eigenvalue weighted by Gasteiger charge is -2.41. The second kappa shape index (κ2) is 9.06. The Morgan fingerprint density at radius 2 is 2.00 bits per heavy atom. The highest BCUT2D eigenvalue weighted by atomic mass is 32.2. The van der Waals surface area contributed by atoms with Crippen LogP contribution in [0.5, 0.6) is 0 Å². The zero-order chi connectivity index (χ0) is 22.9. The third-order valence-electron chi connectivity index (χ3n) is 7.01. The van der Waals surface area contributed by atoms with Crippen molar-refractivity contribution in [2.45, 2.75) is 59.4 Å². The molecule has 5 nitrogen and oxygen atoms in total.